The van der Waals surface area contributed by atoms with Crippen LogP contribution in [0, 0.1) is 0 Å². The number of benzene rings is 2. The number of hydrogen-bond acceptors (Lipinski definition) is 5. The Morgan fingerprint density at radius 2 is 1.85 bits per heavy atom. The molecule has 0 unspecified atom stereocenters. The van der Waals surface area contributed by atoms with Crippen molar-refractivity contribution < 1.29 is 13.0 Å². The third-order valence-electron chi connectivity index (χ3n) is 3.67. The number of rotatable bonds is 4. The van der Waals surface area contributed by atoms with E-state index in [1.54, 1.807) is 12.1 Å². The molecule has 2 aromatic carbocycles. The Bertz CT molecular complexity index is 1120. The number of aromatic nitrogens is 1. The Morgan fingerprint density at radius 3 is 2.42 bits per heavy atom. The van der Waals surface area contributed by atoms with Crippen molar-refractivity contribution in [2.45, 2.75) is 18.4 Å². The first-order valence-corrected chi connectivity index (χ1v) is 10.6. The fourth-order valence-corrected chi connectivity index (χ4v) is 4.39. The predicted octanol–water partition coefficient (Wildman–Crippen LogP) is 4.68. The Hall–Kier alpha value is -1.64. The second-order valence-corrected chi connectivity index (χ2v) is 8.39. The molecular weight excluding hydrogens is 415 g/mol. The summed E-state index contributed by atoms with van der Waals surface area (Å²) in [4.78, 5) is 4.99. The first-order valence-electron chi connectivity index (χ1n) is 7.54. The van der Waals surface area contributed by atoms with Crippen LogP contribution in [0.1, 0.15) is 6.92 Å². The average Bonchev–Trinajstić information content (AvgIpc) is 2.97. The summed E-state index contributed by atoms with van der Waals surface area (Å²) < 4.78 is 35.0. The highest BCUT2D eigenvalue weighted by Gasteiger charge is 2.11. The lowest BCUT2D eigenvalue weighted by molar-refractivity contribution is 0.463. The smallest absolute Gasteiger partial charge is 0.190 e. The molecule has 5 nitrogen and oxygen atoms in total. The van der Waals surface area contributed by atoms with Crippen LogP contribution in [0.4, 0.5) is 5.69 Å². The molecule has 0 saturated heterocycles. The van der Waals surface area contributed by atoms with Gasteiger partial charge in [0.15, 0.2) is 4.80 Å². The Kier molecular flexibility index (Phi) is 5.55. The SMILES string of the molecule is CCn1c(-c2ccc(Cl)cc2Cl)csc1=Nc1ccc(S(=O)(=O)[O-])cc1. The molecule has 0 aliphatic rings. The monoisotopic (exact) mass is 427 g/mol. The summed E-state index contributed by atoms with van der Waals surface area (Å²) in [6.45, 7) is 2.66. The molecule has 0 radical (unpaired) electrons. The topological polar surface area (TPSA) is 74.5 Å². The zero-order valence-corrected chi connectivity index (χ0v) is 16.7. The molecule has 0 atom stereocenters. The quantitative estimate of drug-likeness (QED) is 0.567. The van der Waals surface area contributed by atoms with E-state index in [0.717, 1.165) is 16.1 Å². The standard InChI is InChI=1S/C17H14Cl2N2O3S2/c1-2-21-16(14-8-3-11(18)9-15(14)19)10-25-17(21)20-12-4-6-13(7-5-12)26(22,23)24/h3-10H,2H2,1H3,(H,22,23,24)/p-1. The fourth-order valence-electron chi connectivity index (χ4n) is 2.43. The summed E-state index contributed by atoms with van der Waals surface area (Å²) in [5.74, 6) is 0. The second-order valence-electron chi connectivity index (χ2n) is 5.33. The number of thiazole rings is 1. The average molecular weight is 428 g/mol. The Balaban J connectivity index is 2.07. The zero-order chi connectivity index (χ0) is 18.9. The van der Waals surface area contributed by atoms with Gasteiger partial charge in [-0.1, -0.05) is 23.2 Å². The van der Waals surface area contributed by atoms with Crippen LogP contribution in [-0.2, 0) is 16.7 Å². The van der Waals surface area contributed by atoms with Crippen LogP contribution in [0.3, 0.4) is 0 Å². The molecule has 1 aromatic heterocycles. The van der Waals surface area contributed by atoms with Crippen molar-refractivity contribution in [3.63, 3.8) is 0 Å². The maximum atomic E-state index is 11.0. The molecule has 1 heterocycles. The van der Waals surface area contributed by atoms with Crippen molar-refractivity contribution in [3.05, 3.63) is 62.7 Å². The van der Waals surface area contributed by atoms with E-state index in [4.69, 9.17) is 23.2 Å². The first-order chi connectivity index (χ1) is 12.3. The number of hydrogen-bond donors (Lipinski definition) is 0. The fraction of sp³-hybridized carbons (Fsp3) is 0.118. The highest BCUT2D eigenvalue weighted by atomic mass is 35.5. The second kappa shape index (κ2) is 7.54. The van der Waals surface area contributed by atoms with Gasteiger partial charge in [-0.2, -0.15) is 0 Å². The predicted molar refractivity (Wildman–Crippen MR) is 103 cm³/mol. The summed E-state index contributed by atoms with van der Waals surface area (Å²) in [5.41, 5.74) is 2.32. The van der Waals surface area contributed by atoms with Crippen LogP contribution < -0.4 is 4.80 Å². The van der Waals surface area contributed by atoms with Crippen molar-refractivity contribution in [1.82, 2.24) is 4.57 Å². The molecule has 9 heteroatoms. The lowest BCUT2D eigenvalue weighted by atomic mass is 10.2. The van der Waals surface area contributed by atoms with Gasteiger partial charge in [-0.3, -0.25) is 0 Å². The third-order valence-corrected chi connectivity index (χ3v) is 5.93. The first kappa shape index (κ1) is 19.1. The van der Waals surface area contributed by atoms with E-state index in [-0.39, 0.29) is 4.90 Å². The van der Waals surface area contributed by atoms with Crippen molar-refractivity contribution in [2.24, 2.45) is 4.99 Å². The Labute approximate surface area is 164 Å². The molecule has 0 aliphatic carbocycles. The van der Waals surface area contributed by atoms with E-state index in [0.29, 0.717) is 22.3 Å². The molecule has 0 aliphatic heterocycles. The highest BCUT2D eigenvalue weighted by Crippen LogP contribution is 2.30. The van der Waals surface area contributed by atoms with Gasteiger partial charge in [0.25, 0.3) is 0 Å². The lowest BCUT2D eigenvalue weighted by Gasteiger charge is -2.08. The molecule has 0 fully saturated rings. The summed E-state index contributed by atoms with van der Waals surface area (Å²) >= 11 is 13.7. The van der Waals surface area contributed by atoms with Gasteiger partial charge in [-0.25, -0.2) is 13.4 Å². The zero-order valence-electron chi connectivity index (χ0n) is 13.5. The third kappa shape index (κ3) is 4.02. The lowest BCUT2D eigenvalue weighted by Crippen LogP contribution is -2.14. The molecule has 0 N–H and O–H groups in total. The van der Waals surface area contributed by atoms with E-state index < -0.39 is 10.1 Å². The summed E-state index contributed by atoms with van der Waals surface area (Å²) in [6, 6.07) is 10.8. The molecule has 0 spiro atoms. The van der Waals surface area contributed by atoms with Crippen molar-refractivity contribution in [3.8, 4) is 11.3 Å². The molecule has 0 saturated carbocycles. The molecule has 0 amide bonds. The number of halogens is 2. The van der Waals surface area contributed by atoms with E-state index in [9.17, 15) is 13.0 Å². The summed E-state index contributed by atoms with van der Waals surface area (Å²) in [7, 11) is -4.47. The van der Waals surface area contributed by atoms with Gasteiger partial charge >= 0.3 is 0 Å². The minimum atomic E-state index is -4.47. The van der Waals surface area contributed by atoms with Gasteiger partial charge in [0, 0.05) is 22.5 Å². The van der Waals surface area contributed by atoms with Crippen LogP contribution >= 0.6 is 34.5 Å². The van der Waals surface area contributed by atoms with E-state index in [1.165, 1.54) is 35.6 Å². The normalized spacial score (nSPS) is 12.5. The van der Waals surface area contributed by atoms with E-state index in [2.05, 4.69) is 4.99 Å². The molecular formula is C17H13Cl2N2O3S2-. The molecule has 3 aromatic rings. The van der Waals surface area contributed by atoms with Gasteiger partial charge in [-0.15, -0.1) is 11.3 Å². The van der Waals surface area contributed by atoms with E-state index in [1.807, 2.05) is 22.9 Å². The minimum Gasteiger partial charge on any atom is -0.744 e. The van der Waals surface area contributed by atoms with Crippen LogP contribution in [0.5, 0.6) is 0 Å². The van der Waals surface area contributed by atoms with E-state index >= 15 is 0 Å². The van der Waals surface area contributed by atoms with Gasteiger partial charge in [0.2, 0.25) is 0 Å². The van der Waals surface area contributed by atoms with Crippen molar-refractivity contribution in [1.29, 1.82) is 0 Å². The van der Waals surface area contributed by atoms with Gasteiger partial charge in [-0.05, 0) is 49.4 Å². The maximum Gasteiger partial charge on any atom is 0.190 e. The van der Waals surface area contributed by atoms with Gasteiger partial charge < -0.3 is 9.12 Å². The molecule has 136 valence electrons. The van der Waals surface area contributed by atoms with Gasteiger partial charge in [0.05, 0.1) is 21.3 Å². The van der Waals surface area contributed by atoms with Crippen LogP contribution in [-0.4, -0.2) is 17.5 Å². The maximum absolute atomic E-state index is 11.0. The molecule has 0 bridgehead atoms. The van der Waals surface area contributed by atoms with Crippen molar-refractivity contribution in [2.75, 3.05) is 0 Å². The largest absolute Gasteiger partial charge is 0.744 e. The Morgan fingerprint density at radius 1 is 1.15 bits per heavy atom. The van der Waals surface area contributed by atoms with Crippen LogP contribution in [0.25, 0.3) is 11.3 Å². The minimum absolute atomic E-state index is 0.278. The van der Waals surface area contributed by atoms with Crippen molar-refractivity contribution >= 4 is 50.3 Å². The molecule has 26 heavy (non-hydrogen) atoms. The summed E-state index contributed by atoms with van der Waals surface area (Å²) in [5, 5.41) is 3.07. The van der Waals surface area contributed by atoms with Gasteiger partial charge in [0.1, 0.15) is 10.1 Å². The highest BCUT2D eigenvalue weighted by molar-refractivity contribution is 7.85. The van der Waals surface area contributed by atoms with Crippen LogP contribution in [0.2, 0.25) is 10.0 Å². The summed E-state index contributed by atoms with van der Waals surface area (Å²) in [6.07, 6.45) is 0. The van der Waals surface area contributed by atoms with Crippen LogP contribution in [0.15, 0.2) is 57.7 Å². The molecule has 3 rings (SSSR count). The number of nitrogens with zero attached hydrogens (tertiary/aromatic N) is 2.